The lowest BCUT2D eigenvalue weighted by Crippen LogP contribution is -2.10. The first-order chi connectivity index (χ1) is 10.1. The summed E-state index contributed by atoms with van der Waals surface area (Å²) in [6.45, 7) is 3.47. The lowest BCUT2D eigenvalue weighted by molar-refractivity contribution is 0.0988. The van der Waals surface area contributed by atoms with E-state index in [1.165, 1.54) is 0 Å². The van der Waals surface area contributed by atoms with Gasteiger partial charge in [0.15, 0.2) is 0 Å². The maximum absolute atomic E-state index is 12.0. The highest BCUT2D eigenvalue weighted by Crippen LogP contribution is 2.20. The molecule has 0 spiro atoms. The minimum Gasteiger partial charge on any atom is -0.351 e. The van der Waals surface area contributed by atoms with E-state index in [-0.39, 0.29) is 11.7 Å². The number of hydrogen-bond acceptors (Lipinski definition) is 6. The van der Waals surface area contributed by atoms with E-state index in [2.05, 4.69) is 20.6 Å². The number of amides is 1. The van der Waals surface area contributed by atoms with Crippen LogP contribution in [0.25, 0.3) is 11.4 Å². The molecule has 0 aliphatic carbocycles. The highest BCUT2D eigenvalue weighted by molar-refractivity contribution is 6.02. The summed E-state index contributed by atoms with van der Waals surface area (Å²) in [5, 5.41) is 10.2. The average Bonchev–Trinajstić information content (AvgIpc) is 3.08. The summed E-state index contributed by atoms with van der Waals surface area (Å²) >= 11 is 0. The van der Waals surface area contributed by atoms with Gasteiger partial charge < -0.3 is 14.4 Å². The van der Waals surface area contributed by atoms with Crippen LogP contribution >= 0.6 is 0 Å². The van der Waals surface area contributed by atoms with Gasteiger partial charge in [-0.1, -0.05) is 22.4 Å². The fourth-order valence-electron chi connectivity index (χ4n) is 1.82. The van der Waals surface area contributed by atoms with Crippen molar-refractivity contribution in [3.8, 4) is 11.4 Å². The summed E-state index contributed by atoms with van der Waals surface area (Å²) in [6, 6.07) is 8.71. The summed E-state index contributed by atoms with van der Waals surface area (Å²) in [5.41, 5.74) is 2.00. The molecule has 0 atom stereocenters. The zero-order valence-corrected chi connectivity index (χ0v) is 11.5. The highest BCUT2D eigenvalue weighted by Gasteiger charge is 2.13. The molecule has 106 valence electrons. The van der Waals surface area contributed by atoms with Crippen molar-refractivity contribution < 1.29 is 13.8 Å². The molecule has 0 fully saturated rings. The smallest absolute Gasteiger partial charge is 0.294 e. The van der Waals surface area contributed by atoms with Gasteiger partial charge in [0, 0.05) is 24.2 Å². The molecule has 7 heteroatoms. The van der Waals surface area contributed by atoms with Crippen molar-refractivity contribution in [1.82, 2.24) is 15.3 Å². The number of nitrogens with zero attached hydrogens (tertiary/aromatic N) is 3. The van der Waals surface area contributed by atoms with E-state index in [9.17, 15) is 4.79 Å². The quantitative estimate of drug-likeness (QED) is 0.794. The SMILES string of the molecule is Cc1cc(C(=O)Nc2cccc(-c3noc(C)n3)c2)on1. The van der Waals surface area contributed by atoms with Crippen LogP contribution in [0.1, 0.15) is 22.1 Å². The first-order valence-corrected chi connectivity index (χ1v) is 6.27. The summed E-state index contributed by atoms with van der Waals surface area (Å²) in [7, 11) is 0. The Morgan fingerprint density at radius 1 is 1.14 bits per heavy atom. The average molecular weight is 284 g/mol. The van der Waals surface area contributed by atoms with Crippen molar-refractivity contribution >= 4 is 11.6 Å². The van der Waals surface area contributed by atoms with E-state index < -0.39 is 0 Å². The van der Waals surface area contributed by atoms with Crippen LogP contribution in [0.3, 0.4) is 0 Å². The number of anilines is 1. The van der Waals surface area contributed by atoms with Crippen molar-refractivity contribution in [2.75, 3.05) is 5.32 Å². The van der Waals surface area contributed by atoms with Crippen LogP contribution in [0.4, 0.5) is 5.69 Å². The molecule has 0 saturated carbocycles. The van der Waals surface area contributed by atoms with Gasteiger partial charge >= 0.3 is 0 Å². The fourth-order valence-corrected chi connectivity index (χ4v) is 1.82. The van der Waals surface area contributed by atoms with Crippen molar-refractivity contribution in [2.45, 2.75) is 13.8 Å². The van der Waals surface area contributed by atoms with Crippen LogP contribution in [0.15, 0.2) is 39.4 Å². The van der Waals surface area contributed by atoms with Gasteiger partial charge in [-0.3, -0.25) is 4.79 Å². The maximum Gasteiger partial charge on any atom is 0.294 e. The normalized spacial score (nSPS) is 10.6. The minimum absolute atomic E-state index is 0.160. The zero-order valence-electron chi connectivity index (χ0n) is 11.5. The van der Waals surface area contributed by atoms with Crippen LogP contribution in [-0.2, 0) is 0 Å². The predicted molar refractivity (Wildman–Crippen MR) is 73.7 cm³/mol. The number of benzene rings is 1. The largest absolute Gasteiger partial charge is 0.351 e. The van der Waals surface area contributed by atoms with Gasteiger partial charge in [-0.2, -0.15) is 4.98 Å². The molecular formula is C14H12N4O3. The molecule has 2 heterocycles. The van der Waals surface area contributed by atoms with Crippen LogP contribution in [0.2, 0.25) is 0 Å². The molecule has 2 aromatic heterocycles. The Bertz CT molecular complexity index is 791. The molecule has 0 radical (unpaired) electrons. The van der Waals surface area contributed by atoms with Crippen LogP contribution in [-0.4, -0.2) is 21.2 Å². The van der Waals surface area contributed by atoms with Gasteiger partial charge in [-0.05, 0) is 19.1 Å². The topological polar surface area (TPSA) is 94.1 Å². The number of hydrogen-bond donors (Lipinski definition) is 1. The third kappa shape index (κ3) is 2.81. The Morgan fingerprint density at radius 2 is 2.00 bits per heavy atom. The molecule has 1 aromatic carbocycles. The van der Waals surface area contributed by atoms with E-state index in [0.29, 0.717) is 23.1 Å². The Hall–Kier alpha value is -2.96. The molecule has 0 bridgehead atoms. The molecule has 0 aliphatic heterocycles. The first kappa shape index (κ1) is 13.0. The van der Waals surface area contributed by atoms with Crippen molar-refractivity contribution in [3.63, 3.8) is 0 Å². The van der Waals surface area contributed by atoms with Crippen LogP contribution in [0, 0.1) is 13.8 Å². The van der Waals surface area contributed by atoms with Crippen LogP contribution < -0.4 is 5.32 Å². The Morgan fingerprint density at radius 3 is 2.67 bits per heavy atom. The van der Waals surface area contributed by atoms with E-state index in [1.54, 1.807) is 38.1 Å². The van der Waals surface area contributed by atoms with Gasteiger partial charge in [0.25, 0.3) is 5.91 Å². The summed E-state index contributed by atoms with van der Waals surface area (Å²) in [6.07, 6.45) is 0. The number of aromatic nitrogens is 3. The van der Waals surface area contributed by atoms with Crippen molar-refractivity contribution in [1.29, 1.82) is 0 Å². The second kappa shape index (κ2) is 5.20. The second-order valence-electron chi connectivity index (χ2n) is 4.50. The lowest BCUT2D eigenvalue weighted by Gasteiger charge is -2.03. The Labute approximate surface area is 120 Å². The third-order valence-electron chi connectivity index (χ3n) is 2.76. The van der Waals surface area contributed by atoms with E-state index in [4.69, 9.17) is 9.05 Å². The van der Waals surface area contributed by atoms with E-state index >= 15 is 0 Å². The lowest BCUT2D eigenvalue weighted by atomic mass is 10.2. The molecular weight excluding hydrogens is 272 g/mol. The van der Waals surface area contributed by atoms with E-state index in [0.717, 1.165) is 5.56 Å². The monoisotopic (exact) mass is 284 g/mol. The van der Waals surface area contributed by atoms with Crippen molar-refractivity contribution in [3.05, 3.63) is 47.7 Å². The molecule has 1 amide bonds. The standard InChI is InChI=1S/C14H12N4O3/c1-8-6-12(21-17-8)14(19)16-11-5-3-4-10(7-11)13-15-9(2)20-18-13/h3-7H,1-2H3,(H,16,19). The molecule has 0 aliphatic rings. The number of carbonyl (C=O) groups excluding carboxylic acids is 1. The number of nitrogens with one attached hydrogen (secondary N) is 1. The van der Waals surface area contributed by atoms with Gasteiger partial charge in [-0.25, -0.2) is 0 Å². The van der Waals surface area contributed by atoms with E-state index in [1.807, 2.05) is 6.07 Å². The van der Waals surface area contributed by atoms with Gasteiger partial charge in [0.1, 0.15) is 0 Å². The maximum atomic E-state index is 12.0. The molecule has 0 saturated heterocycles. The molecule has 3 aromatic rings. The molecule has 7 nitrogen and oxygen atoms in total. The highest BCUT2D eigenvalue weighted by atomic mass is 16.5. The predicted octanol–water partition coefficient (Wildman–Crippen LogP) is 2.59. The van der Waals surface area contributed by atoms with Crippen LogP contribution in [0.5, 0.6) is 0 Å². The molecule has 1 N–H and O–H groups in total. The zero-order chi connectivity index (χ0) is 14.8. The van der Waals surface area contributed by atoms with Gasteiger partial charge in [-0.15, -0.1) is 0 Å². The first-order valence-electron chi connectivity index (χ1n) is 6.27. The number of carbonyl (C=O) groups is 1. The molecule has 21 heavy (non-hydrogen) atoms. The molecule has 3 rings (SSSR count). The number of aryl methyl sites for hydroxylation is 2. The Balaban J connectivity index is 1.82. The minimum atomic E-state index is -0.364. The summed E-state index contributed by atoms with van der Waals surface area (Å²) in [4.78, 5) is 16.1. The Kier molecular flexibility index (Phi) is 3.23. The fraction of sp³-hybridized carbons (Fsp3) is 0.143. The number of rotatable bonds is 3. The van der Waals surface area contributed by atoms with Gasteiger partial charge in [0.05, 0.1) is 5.69 Å². The van der Waals surface area contributed by atoms with Gasteiger partial charge in [0.2, 0.25) is 17.5 Å². The summed E-state index contributed by atoms with van der Waals surface area (Å²) < 4.78 is 9.85. The summed E-state index contributed by atoms with van der Waals surface area (Å²) in [5.74, 6) is 0.751. The molecule has 0 unspecified atom stereocenters. The second-order valence-corrected chi connectivity index (χ2v) is 4.50. The van der Waals surface area contributed by atoms with Crippen molar-refractivity contribution in [2.24, 2.45) is 0 Å². The third-order valence-corrected chi connectivity index (χ3v) is 2.76.